The summed E-state index contributed by atoms with van der Waals surface area (Å²) in [5.41, 5.74) is 0. The summed E-state index contributed by atoms with van der Waals surface area (Å²) < 4.78 is 51.8. The van der Waals surface area contributed by atoms with Gasteiger partial charge in [-0.15, -0.1) is 11.3 Å². The van der Waals surface area contributed by atoms with Crippen LogP contribution in [0.4, 0.5) is 0 Å². The van der Waals surface area contributed by atoms with E-state index in [1.807, 2.05) is 13.0 Å². The molecule has 1 saturated heterocycles. The highest BCUT2D eigenvalue weighted by atomic mass is 32.2. The first-order chi connectivity index (χ1) is 10.2. The minimum Gasteiger partial charge on any atom is -0.213 e. The molecule has 126 valence electrons. The Bertz CT molecular complexity index is 701. The Hall–Kier alpha value is -0.480. The summed E-state index contributed by atoms with van der Waals surface area (Å²) in [5.74, 6) is 0.179. The van der Waals surface area contributed by atoms with E-state index in [1.165, 1.54) is 21.9 Å². The number of thiophene rings is 1. The number of piperidine rings is 1. The van der Waals surface area contributed by atoms with Crippen LogP contribution in [0.25, 0.3) is 0 Å². The third-order valence-electron chi connectivity index (χ3n) is 3.85. The summed E-state index contributed by atoms with van der Waals surface area (Å²) in [6, 6.07) is 3.47. The van der Waals surface area contributed by atoms with Crippen molar-refractivity contribution >= 4 is 31.4 Å². The minimum absolute atomic E-state index is 0.179. The Morgan fingerprint density at radius 1 is 1.23 bits per heavy atom. The molecule has 0 aromatic carbocycles. The Kier molecular flexibility index (Phi) is 5.65. The van der Waals surface area contributed by atoms with Crippen LogP contribution in [-0.2, 0) is 26.5 Å². The molecule has 1 aromatic rings. The molecular weight excluding hydrogens is 344 g/mol. The van der Waals surface area contributed by atoms with E-state index in [1.54, 1.807) is 6.07 Å². The number of hydrogen-bond donors (Lipinski definition) is 1. The molecule has 9 heteroatoms. The van der Waals surface area contributed by atoms with Crippen LogP contribution in [0, 0.1) is 5.92 Å². The van der Waals surface area contributed by atoms with Crippen molar-refractivity contribution in [3.05, 3.63) is 17.0 Å². The zero-order chi connectivity index (χ0) is 16.4. The van der Waals surface area contributed by atoms with Gasteiger partial charge in [-0.2, -0.15) is 0 Å². The first kappa shape index (κ1) is 17.9. The molecular formula is C13H22N2O4S3. The third-order valence-corrected chi connectivity index (χ3v) is 8.30. The molecule has 0 radical (unpaired) electrons. The monoisotopic (exact) mass is 366 g/mol. The van der Waals surface area contributed by atoms with E-state index in [2.05, 4.69) is 4.72 Å². The van der Waals surface area contributed by atoms with Gasteiger partial charge in [0.2, 0.25) is 20.0 Å². The van der Waals surface area contributed by atoms with Gasteiger partial charge in [0.15, 0.2) is 0 Å². The van der Waals surface area contributed by atoms with Crippen molar-refractivity contribution in [2.24, 2.45) is 5.92 Å². The second kappa shape index (κ2) is 6.96. The van der Waals surface area contributed by atoms with Crippen molar-refractivity contribution in [2.45, 2.75) is 30.4 Å². The molecule has 2 rings (SSSR count). The van der Waals surface area contributed by atoms with Gasteiger partial charge in [-0.3, -0.25) is 0 Å². The van der Waals surface area contributed by atoms with Crippen LogP contribution in [-0.4, -0.2) is 47.0 Å². The van der Waals surface area contributed by atoms with Crippen molar-refractivity contribution in [1.29, 1.82) is 0 Å². The highest BCUT2D eigenvalue weighted by Crippen LogP contribution is 2.23. The first-order valence-electron chi connectivity index (χ1n) is 7.26. The lowest BCUT2D eigenvalue weighted by molar-refractivity contribution is 0.275. The standard InChI is InChI=1S/C13H22N2O4S3/c1-3-12-4-5-13(20-12)22(18,19)14-10-11-6-8-15(9-7-11)21(2,16)17/h4-5,11,14H,3,6-10H2,1-2H3. The molecule has 22 heavy (non-hydrogen) atoms. The highest BCUT2D eigenvalue weighted by molar-refractivity contribution is 7.91. The Morgan fingerprint density at radius 2 is 1.86 bits per heavy atom. The van der Waals surface area contributed by atoms with E-state index in [4.69, 9.17) is 0 Å². The van der Waals surface area contributed by atoms with Gasteiger partial charge in [-0.25, -0.2) is 25.9 Å². The summed E-state index contributed by atoms with van der Waals surface area (Å²) in [6.07, 6.45) is 3.39. The fraction of sp³-hybridized carbons (Fsp3) is 0.692. The molecule has 1 fully saturated rings. The number of nitrogens with one attached hydrogen (secondary N) is 1. The molecule has 0 saturated carbocycles. The van der Waals surface area contributed by atoms with Crippen molar-refractivity contribution < 1.29 is 16.8 Å². The van der Waals surface area contributed by atoms with Crippen LogP contribution in [0.5, 0.6) is 0 Å². The predicted octanol–water partition coefficient (Wildman–Crippen LogP) is 1.26. The second-order valence-electron chi connectivity index (χ2n) is 5.53. The summed E-state index contributed by atoms with van der Waals surface area (Å²) >= 11 is 1.29. The Labute approximate surface area is 136 Å². The van der Waals surface area contributed by atoms with Gasteiger partial charge in [0.1, 0.15) is 4.21 Å². The molecule has 0 spiro atoms. The average molecular weight is 367 g/mol. The van der Waals surface area contributed by atoms with Crippen molar-refractivity contribution in [2.75, 3.05) is 25.9 Å². The third kappa shape index (κ3) is 4.51. The summed E-state index contributed by atoms with van der Waals surface area (Å²) in [7, 11) is -6.59. The van der Waals surface area contributed by atoms with E-state index < -0.39 is 20.0 Å². The quantitative estimate of drug-likeness (QED) is 0.821. The fourth-order valence-electron chi connectivity index (χ4n) is 2.44. The number of hydrogen-bond acceptors (Lipinski definition) is 5. The zero-order valence-corrected chi connectivity index (χ0v) is 15.2. The van der Waals surface area contributed by atoms with Gasteiger partial charge in [-0.05, 0) is 37.3 Å². The number of aryl methyl sites for hydroxylation is 1. The lowest BCUT2D eigenvalue weighted by Gasteiger charge is -2.30. The van der Waals surface area contributed by atoms with Crippen LogP contribution in [0.3, 0.4) is 0 Å². The largest absolute Gasteiger partial charge is 0.250 e. The van der Waals surface area contributed by atoms with Crippen molar-refractivity contribution in [3.63, 3.8) is 0 Å². The SMILES string of the molecule is CCc1ccc(S(=O)(=O)NCC2CCN(S(C)(=O)=O)CC2)s1. The Balaban J connectivity index is 1.88. The molecule has 1 aliphatic heterocycles. The van der Waals surface area contributed by atoms with E-state index in [0.29, 0.717) is 36.7 Å². The summed E-state index contributed by atoms with van der Waals surface area (Å²) in [6.45, 7) is 3.28. The smallest absolute Gasteiger partial charge is 0.213 e. The minimum atomic E-state index is -3.45. The normalized spacial score (nSPS) is 18.6. The molecule has 0 atom stereocenters. The second-order valence-corrected chi connectivity index (χ2v) is 10.7. The van der Waals surface area contributed by atoms with Crippen molar-refractivity contribution in [1.82, 2.24) is 9.03 Å². The molecule has 0 bridgehead atoms. The van der Waals surface area contributed by atoms with Crippen LogP contribution in [0.15, 0.2) is 16.3 Å². The molecule has 2 heterocycles. The van der Waals surface area contributed by atoms with Gasteiger partial charge in [0, 0.05) is 24.5 Å². The topological polar surface area (TPSA) is 83.6 Å². The average Bonchev–Trinajstić information content (AvgIpc) is 2.94. The van der Waals surface area contributed by atoms with E-state index in [0.717, 1.165) is 11.3 Å². The Morgan fingerprint density at radius 3 is 2.36 bits per heavy atom. The lowest BCUT2D eigenvalue weighted by Crippen LogP contribution is -2.40. The highest BCUT2D eigenvalue weighted by Gasteiger charge is 2.26. The van der Waals surface area contributed by atoms with Gasteiger partial charge >= 0.3 is 0 Å². The van der Waals surface area contributed by atoms with Crippen molar-refractivity contribution in [3.8, 4) is 0 Å². The van der Waals surface area contributed by atoms with Crippen LogP contribution >= 0.6 is 11.3 Å². The zero-order valence-electron chi connectivity index (χ0n) is 12.8. The van der Waals surface area contributed by atoms with Gasteiger partial charge in [0.05, 0.1) is 6.26 Å². The van der Waals surface area contributed by atoms with Gasteiger partial charge in [0.25, 0.3) is 0 Å². The lowest BCUT2D eigenvalue weighted by atomic mass is 9.99. The maximum absolute atomic E-state index is 12.2. The maximum atomic E-state index is 12.2. The molecule has 1 aromatic heterocycles. The maximum Gasteiger partial charge on any atom is 0.250 e. The molecule has 1 N–H and O–H groups in total. The molecule has 0 unspecified atom stereocenters. The predicted molar refractivity (Wildman–Crippen MR) is 88.0 cm³/mol. The molecule has 6 nitrogen and oxygen atoms in total. The van der Waals surface area contributed by atoms with Crippen LogP contribution < -0.4 is 4.72 Å². The summed E-state index contributed by atoms with van der Waals surface area (Å²) in [4.78, 5) is 1.04. The van der Waals surface area contributed by atoms with Crippen LogP contribution in [0.1, 0.15) is 24.6 Å². The number of sulfonamides is 2. The van der Waals surface area contributed by atoms with Crippen LogP contribution in [0.2, 0.25) is 0 Å². The summed E-state index contributed by atoms with van der Waals surface area (Å²) in [5, 5.41) is 0. The fourth-order valence-corrected chi connectivity index (χ4v) is 5.77. The number of rotatable bonds is 6. The molecule has 0 amide bonds. The first-order valence-corrected chi connectivity index (χ1v) is 11.4. The van der Waals surface area contributed by atoms with Gasteiger partial charge < -0.3 is 0 Å². The van der Waals surface area contributed by atoms with Gasteiger partial charge in [-0.1, -0.05) is 6.92 Å². The van der Waals surface area contributed by atoms with E-state index in [-0.39, 0.29) is 5.92 Å². The molecule has 0 aliphatic carbocycles. The number of nitrogens with zero attached hydrogens (tertiary/aromatic N) is 1. The van der Waals surface area contributed by atoms with E-state index >= 15 is 0 Å². The van der Waals surface area contributed by atoms with E-state index in [9.17, 15) is 16.8 Å². The molecule has 1 aliphatic rings.